The molecule has 0 aliphatic rings. The molecule has 0 fully saturated rings. The van der Waals surface area contributed by atoms with Crippen LogP contribution in [0, 0.1) is 13.8 Å². The largest absolute Gasteiger partial charge is 0.370 e. The Kier molecular flexibility index (Phi) is 5.53. The van der Waals surface area contributed by atoms with Crippen molar-refractivity contribution in [1.29, 1.82) is 0 Å². The van der Waals surface area contributed by atoms with Crippen LogP contribution in [0.15, 0.2) is 52.0 Å². The van der Waals surface area contributed by atoms with Gasteiger partial charge in [0.05, 0.1) is 6.54 Å². The molecule has 0 amide bonds. The molecule has 3 rings (SSSR count). The van der Waals surface area contributed by atoms with Gasteiger partial charge >= 0.3 is 0 Å². The zero-order valence-corrected chi connectivity index (χ0v) is 15.4. The number of aliphatic imine (C=N–C) groups is 1. The molecule has 1 aromatic heterocycles. The first-order valence-electron chi connectivity index (χ1n) is 8.24. The van der Waals surface area contributed by atoms with E-state index < -0.39 is 0 Å². The molecule has 0 atom stereocenters. The van der Waals surface area contributed by atoms with Crippen LogP contribution >= 0.6 is 11.6 Å². The molecule has 0 aliphatic carbocycles. The normalized spacial score (nSPS) is 11.6. The van der Waals surface area contributed by atoms with E-state index >= 15 is 0 Å². The zero-order valence-electron chi connectivity index (χ0n) is 14.7. The maximum Gasteiger partial charge on any atom is 0.228 e. The second-order valence-corrected chi connectivity index (χ2v) is 6.40. The van der Waals surface area contributed by atoms with Crippen molar-refractivity contribution in [1.82, 2.24) is 10.1 Å². The van der Waals surface area contributed by atoms with Crippen molar-refractivity contribution in [3.05, 3.63) is 64.5 Å². The summed E-state index contributed by atoms with van der Waals surface area (Å²) >= 11 is 5.88. The molecule has 1 heterocycles. The summed E-state index contributed by atoms with van der Waals surface area (Å²) in [5.74, 6) is 1.39. The Morgan fingerprint density at radius 3 is 2.65 bits per heavy atom. The van der Waals surface area contributed by atoms with Gasteiger partial charge in [0.25, 0.3) is 0 Å². The van der Waals surface area contributed by atoms with Gasteiger partial charge in [0.2, 0.25) is 11.7 Å². The Hall–Kier alpha value is -2.86. The van der Waals surface area contributed by atoms with Crippen LogP contribution in [0.25, 0.3) is 11.4 Å². The van der Waals surface area contributed by atoms with Gasteiger partial charge in [0.1, 0.15) is 0 Å². The highest BCUT2D eigenvalue weighted by Crippen LogP contribution is 2.18. The summed E-state index contributed by atoms with van der Waals surface area (Å²) in [4.78, 5) is 8.66. The summed E-state index contributed by atoms with van der Waals surface area (Å²) in [5, 5.41) is 7.72. The Morgan fingerprint density at radius 2 is 1.92 bits per heavy atom. The first kappa shape index (κ1) is 17.9. The Balaban J connectivity index is 1.56. The minimum absolute atomic E-state index is 0.352. The highest BCUT2D eigenvalue weighted by atomic mass is 35.5. The second-order valence-electron chi connectivity index (χ2n) is 5.96. The minimum atomic E-state index is 0.352. The third kappa shape index (κ3) is 4.61. The summed E-state index contributed by atoms with van der Waals surface area (Å²) in [6.45, 7) is 4.58. The highest BCUT2D eigenvalue weighted by molar-refractivity contribution is 6.30. The molecular weight excluding hydrogens is 350 g/mol. The van der Waals surface area contributed by atoms with Crippen molar-refractivity contribution in [3.8, 4) is 11.4 Å². The van der Waals surface area contributed by atoms with E-state index in [0.29, 0.717) is 35.7 Å². The predicted octanol–water partition coefficient (Wildman–Crippen LogP) is 3.98. The number of benzene rings is 2. The molecule has 0 unspecified atom stereocenters. The highest BCUT2D eigenvalue weighted by Gasteiger charge is 2.08. The fraction of sp³-hybridized carbons (Fsp3) is 0.211. The summed E-state index contributed by atoms with van der Waals surface area (Å²) in [6, 6.07) is 13.3. The van der Waals surface area contributed by atoms with Crippen LogP contribution in [0.4, 0.5) is 5.69 Å². The van der Waals surface area contributed by atoms with Crippen molar-refractivity contribution in [3.63, 3.8) is 0 Å². The van der Waals surface area contributed by atoms with E-state index in [0.717, 1.165) is 11.3 Å². The molecule has 0 aliphatic heterocycles. The quantitative estimate of drug-likeness (QED) is 0.524. The summed E-state index contributed by atoms with van der Waals surface area (Å²) in [7, 11) is 0. The lowest BCUT2D eigenvalue weighted by atomic mass is 10.1. The van der Waals surface area contributed by atoms with E-state index in [1.165, 1.54) is 11.1 Å². The zero-order chi connectivity index (χ0) is 18.5. The van der Waals surface area contributed by atoms with Crippen LogP contribution in [0.1, 0.15) is 17.0 Å². The van der Waals surface area contributed by atoms with Crippen molar-refractivity contribution in [2.45, 2.75) is 20.3 Å². The predicted molar refractivity (Wildman–Crippen MR) is 104 cm³/mol. The Bertz CT molecular complexity index is 918. The second kappa shape index (κ2) is 8.01. The number of guanidine groups is 1. The molecule has 2 aromatic carbocycles. The molecule has 0 spiro atoms. The van der Waals surface area contributed by atoms with Gasteiger partial charge in [-0.05, 0) is 61.4 Å². The van der Waals surface area contributed by atoms with Gasteiger partial charge in [-0.1, -0.05) is 22.8 Å². The van der Waals surface area contributed by atoms with Crippen LogP contribution in [-0.4, -0.2) is 22.6 Å². The van der Waals surface area contributed by atoms with E-state index in [2.05, 4.69) is 34.3 Å². The monoisotopic (exact) mass is 369 g/mol. The van der Waals surface area contributed by atoms with Crippen LogP contribution in [0.5, 0.6) is 0 Å². The van der Waals surface area contributed by atoms with Gasteiger partial charge in [-0.25, -0.2) is 0 Å². The van der Waals surface area contributed by atoms with Gasteiger partial charge < -0.3 is 15.6 Å². The van der Waals surface area contributed by atoms with E-state index in [1.807, 2.05) is 30.3 Å². The lowest BCUT2D eigenvalue weighted by Crippen LogP contribution is -2.23. The van der Waals surface area contributed by atoms with Gasteiger partial charge in [-0.3, -0.25) is 4.99 Å². The fourth-order valence-electron chi connectivity index (χ4n) is 2.35. The van der Waals surface area contributed by atoms with Gasteiger partial charge in [0, 0.05) is 22.7 Å². The van der Waals surface area contributed by atoms with Crippen molar-refractivity contribution < 1.29 is 4.52 Å². The molecule has 26 heavy (non-hydrogen) atoms. The number of nitrogens with zero attached hydrogens (tertiary/aromatic N) is 3. The van der Waals surface area contributed by atoms with E-state index in [9.17, 15) is 0 Å². The summed E-state index contributed by atoms with van der Waals surface area (Å²) in [6.07, 6.45) is 0.510. The van der Waals surface area contributed by atoms with Gasteiger partial charge in [0.15, 0.2) is 5.96 Å². The number of hydrogen-bond donors (Lipinski definition) is 2. The number of nitrogens with two attached hydrogens (primary N) is 1. The number of aryl methyl sites for hydroxylation is 2. The molecule has 0 bridgehead atoms. The molecule has 0 saturated heterocycles. The number of hydrogen-bond acceptors (Lipinski definition) is 4. The Labute approximate surface area is 157 Å². The van der Waals surface area contributed by atoms with Gasteiger partial charge in [-0.2, -0.15) is 4.98 Å². The van der Waals surface area contributed by atoms with E-state index in [-0.39, 0.29) is 0 Å². The lowest BCUT2D eigenvalue weighted by Gasteiger charge is -2.07. The molecule has 3 aromatic rings. The molecule has 6 nitrogen and oxygen atoms in total. The number of nitrogens with one attached hydrogen (secondary N) is 1. The molecule has 7 heteroatoms. The molecule has 134 valence electrons. The average Bonchev–Trinajstić information content (AvgIpc) is 3.08. The number of rotatable bonds is 5. The maximum absolute atomic E-state index is 5.93. The Morgan fingerprint density at radius 1 is 1.15 bits per heavy atom. The van der Waals surface area contributed by atoms with Crippen LogP contribution in [0.2, 0.25) is 5.02 Å². The minimum Gasteiger partial charge on any atom is -0.370 e. The van der Waals surface area contributed by atoms with Gasteiger partial charge in [-0.15, -0.1) is 0 Å². The van der Waals surface area contributed by atoms with Crippen LogP contribution < -0.4 is 11.1 Å². The first-order chi connectivity index (χ1) is 12.5. The molecule has 0 saturated carbocycles. The fourth-order valence-corrected chi connectivity index (χ4v) is 2.48. The van der Waals surface area contributed by atoms with Crippen LogP contribution in [0.3, 0.4) is 0 Å². The third-order valence-electron chi connectivity index (χ3n) is 3.96. The lowest BCUT2D eigenvalue weighted by molar-refractivity contribution is 0.380. The number of anilines is 1. The number of aromatic nitrogens is 2. The molecule has 3 N–H and O–H groups in total. The first-order valence-corrected chi connectivity index (χ1v) is 8.62. The van der Waals surface area contributed by atoms with E-state index in [4.69, 9.17) is 21.9 Å². The van der Waals surface area contributed by atoms with Crippen molar-refractivity contribution >= 4 is 23.2 Å². The SMILES string of the molecule is Cc1ccc(NC(N)=NCCc2nc(-c3ccc(Cl)cc3)no2)cc1C. The van der Waals surface area contributed by atoms with Crippen LogP contribution in [-0.2, 0) is 6.42 Å². The third-order valence-corrected chi connectivity index (χ3v) is 4.21. The summed E-state index contributed by atoms with van der Waals surface area (Å²) in [5.41, 5.74) is 10.1. The van der Waals surface area contributed by atoms with Crippen molar-refractivity contribution in [2.24, 2.45) is 10.7 Å². The standard InChI is InChI=1S/C19H20ClN5O/c1-12-3-8-16(11-13(12)2)23-19(21)22-10-9-17-24-18(25-26-17)14-4-6-15(20)7-5-14/h3-8,11H,9-10H2,1-2H3,(H3,21,22,23). The summed E-state index contributed by atoms with van der Waals surface area (Å²) < 4.78 is 5.25. The smallest absolute Gasteiger partial charge is 0.228 e. The topological polar surface area (TPSA) is 89.3 Å². The number of halogens is 1. The average molecular weight is 370 g/mol. The van der Waals surface area contributed by atoms with E-state index in [1.54, 1.807) is 12.1 Å². The maximum atomic E-state index is 5.93. The van der Waals surface area contributed by atoms with Crippen molar-refractivity contribution in [2.75, 3.05) is 11.9 Å². The molecular formula is C19H20ClN5O. The molecule has 0 radical (unpaired) electrons.